The number of benzene rings is 2. The van der Waals surface area contributed by atoms with Gasteiger partial charge in [0.05, 0.1) is 35.9 Å². The van der Waals surface area contributed by atoms with E-state index in [0.29, 0.717) is 53.6 Å². The summed E-state index contributed by atoms with van der Waals surface area (Å²) in [5, 5.41) is 4.84. The van der Waals surface area contributed by atoms with E-state index in [-0.39, 0.29) is 47.1 Å². The highest BCUT2D eigenvalue weighted by atomic mass is 19.3. The van der Waals surface area contributed by atoms with E-state index in [1.54, 1.807) is 30.0 Å². The summed E-state index contributed by atoms with van der Waals surface area (Å²) in [6.07, 6.45) is 1.15. The Labute approximate surface area is 271 Å². The van der Waals surface area contributed by atoms with Crippen LogP contribution in [0.1, 0.15) is 45.9 Å². The van der Waals surface area contributed by atoms with Gasteiger partial charge in [-0.1, -0.05) is 6.07 Å². The number of amides is 1. The standard InChI is InChI=1S/C33H31F4N7O4/c1-17-9-29(48-32-22(34)3-2-4-23(32)35)40-15-26(17)44-33(39)21(14-41-44)31(46)25-10-19-11-27(47-16-28(36)37)20(12-24(19)42-25)18-5-7-43(8-6-18)30(45)13-38/h2-4,9-12,14-15,18,28,42H,5-8,13,16,38-39H2,1H3. The van der Waals surface area contributed by atoms with Crippen LogP contribution in [0.2, 0.25) is 0 Å². The van der Waals surface area contributed by atoms with E-state index in [0.717, 1.165) is 12.1 Å². The molecule has 250 valence electrons. The zero-order chi connectivity index (χ0) is 34.1. The maximum absolute atomic E-state index is 14.0. The summed E-state index contributed by atoms with van der Waals surface area (Å²) in [5.74, 6) is -2.82. The number of fused-ring (bicyclic) bond motifs is 1. The first-order valence-electron chi connectivity index (χ1n) is 15.1. The number of nitrogens with zero attached hydrogens (tertiary/aromatic N) is 4. The van der Waals surface area contributed by atoms with Crippen molar-refractivity contribution in [3.05, 3.63) is 88.9 Å². The topological polar surface area (TPSA) is 154 Å². The Hall–Kier alpha value is -5.44. The number of nitrogens with one attached hydrogen (secondary N) is 1. The van der Waals surface area contributed by atoms with Gasteiger partial charge in [-0.25, -0.2) is 27.2 Å². The molecule has 0 bridgehead atoms. The molecule has 1 aliphatic heterocycles. The number of nitrogens with two attached hydrogens (primary N) is 2. The predicted molar refractivity (Wildman–Crippen MR) is 168 cm³/mol. The van der Waals surface area contributed by atoms with Gasteiger partial charge in [-0.05, 0) is 67.1 Å². The Morgan fingerprint density at radius 1 is 1.08 bits per heavy atom. The number of pyridine rings is 1. The van der Waals surface area contributed by atoms with Gasteiger partial charge in [0.15, 0.2) is 11.6 Å². The first-order chi connectivity index (χ1) is 23.0. The molecule has 48 heavy (non-hydrogen) atoms. The van der Waals surface area contributed by atoms with Gasteiger partial charge in [0.25, 0.3) is 6.43 Å². The highest BCUT2D eigenvalue weighted by Gasteiger charge is 2.27. The number of rotatable bonds is 10. The zero-order valence-electron chi connectivity index (χ0n) is 25.7. The predicted octanol–water partition coefficient (Wildman–Crippen LogP) is 5.25. The lowest BCUT2D eigenvalue weighted by Crippen LogP contribution is -2.41. The minimum Gasteiger partial charge on any atom is -0.487 e. The monoisotopic (exact) mass is 665 g/mol. The number of H-pyrrole nitrogens is 1. The Bertz CT molecular complexity index is 1980. The first-order valence-corrected chi connectivity index (χ1v) is 15.1. The van der Waals surface area contributed by atoms with E-state index in [1.165, 1.54) is 29.2 Å². The van der Waals surface area contributed by atoms with E-state index in [4.69, 9.17) is 20.9 Å². The molecule has 15 heteroatoms. The smallest absolute Gasteiger partial charge is 0.272 e. The number of halogens is 4. The minimum atomic E-state index is -2.68. The minimum absolute atomic E-state index is 0.0119. The summed E-state index contributed by atoms with van der Waals surface area (Å²) in [4.78, 5) is 34.6. The molecule has 5 N–H and O–H groups in total. The molecule has 1 amide bonds. The second kappa shape index (κ2) is 13.4. The number of aromatic nitrogens is 4. The fourth-order valence-electron chi connectivity index (χ4n) is 5.82. The van der Waals surface area contributed by atoms with Crippen LogP contribution in [0.5, 0.6) is 17.4 Å². The molecule has 6 rings (SSSR count). The van der Waals surface area contributed by atoms with Crippen molar-refractivity contribution >= 4 is 28.4 Å². The summed E-state index contributed by atoms with van der Waals surface area (Å²) in [6.45, 7) is 1.75. The van der Waals surface area contributed by atoms with Gasteiger partial charge in [0.1, 0.15) is 18.2 Å². The zero-order valence-corrected chi connectivity index (χ0v) is 25.7. The lowest BCUT2D eigenvalue weighted by molar-refractivity contribution is -0.130. The molecule has 0 spiro atoms. The van der Waals surface area contributed by atoms with Crippen molar-refractivity contribution in [2.45, 2.75) is 32.1 Å². The van der Waals surface area contributed by atoms with Crippen LogP contribution in [0, 0.1) is 18.6 Å². The number of likely N-dealkylation sites (tertiary alicyclic amines) is 1. The molecule has 0 saturated carbocycles. The van der Waals surface area contributed by atoms with Gasteiger partial charge in [-0.3, -0.25) is 9.59 Å². The first kappa shape index (κ1) is 32.5. The quantitative estimate of drug-likeness (QED) is 0.135. The van der Waals surface area contributed by atoms with Gasteiger partial charge in [-0.2, -0.15) is 5.10 Å². The lowest BCUT2D eigenvalue weighted by Gasteiger charge is -2.32. The molecule has 0 radical (unpaired) electrons. The number of para-hydroxylation sites is 1. The second-order valence-electron chi connectivity index (χ2n) is 11.4. The molecule has 1 saturated heterocycles. The third-order valence-corrected chi connectivity index (χ3v) is 8.29. The van der Waals surface area contributed by atoms with Crippen LogP contribution >= 0.6 is 0 Å². The Kier molecular flexibility index (Phi) is 9.04. The van der Waals surface area contributed by atoms with Crippen molar-refractivity contribution in [1.29, 1.82) is 0 Å². The molecule has 1 fully saturated rings. The van der Waals surface area contributed by atoms with Gasteiger partial charge < -0.3 is 30.8 Å². The van der Waals surface area contributed by atoms with E-state index in [9.17, 15) is 27.2 Å². The van der Waals surface area contributed by atoms with Crippen LogP contribution in [0.15, 0.2) is 54.9 Å². The number of carbonyl (C=O) groups excluding carboxylic acids is 2. The molecule has 0 atom stereocenters. The molecule has 1 aliphatic rings. The molecule has 0 aliphatic carbocycles. The lowest BCUT2D eigenvalue weighted by atomic mass is 9.88. The van der Waals surface area contributed by atoms with Crippen LogP contribution in [0.4, 0.5) is 23.4 Å². The fraction of sp³-hybridized carbons (Fsp3) is 0.273. The molecule has 11 nitrogen and oxygen atoms in total. The largest absolute Gasteiger partial charge is 0.487 e. The number of alkyl halides is 2. The van der Waals surface area contributed by atoms with Gasteiger partial charge in [-0.15, -0.1) is 0 Å². The number of aryl methyl sites for hydroxylation is 1. The van der Waals surface area contributed by atoms with Crippen molar-refractivity contribution in [2.24, 2.45) is 5.73 Å². The van der Waals surface area contributed by atoms with E-state index >= 15 is 0 Å². The Morgan fingerprint density at radius 3 is 2.48 bits per heavy atom. The number of piperidine rings is 1. The third-order valence-electron chi connectivity index (χ3n) is 8.29. The van der Waals surface area contributed by atoms with Crippen LogP contribution < -0.4 is 20.9 Å². The average Bonchev–Trinajstić information content (AvgIpc) is 3.67. The molecular formula is C33H31F4N7O4. The summed E-state index contributed by atoms with van der Waals surface area (Å²) in [6, 6.07) is 9.78. The van der Waals surface area contributed by atoms with Crippen LogP contribution in [-0.2, 0) is 4.79 Å². The van der Waals surface area contributed by atoms with Gasteiger partial charge in [0, 0.05) is 30.1 Å². The highest BCUT2D eigenvalue weighted by molar-refractivity contribution is 6.12. The number of carbonyl (C=O) groups is 2. The van der Waals surface area contributed by atoms with Crippen LogP contribution in [0.3, 0.4) is 0 Å². The molecule has 0 unspecified atom stereocenters. The molecule has 2 aromatic carbocycles. The number of hydrogen-bond donors (Lipinski definition) is 3. The van der Waals surface area contributed by atoms with Gasteiger partial charge >= 0.3 is 0 Å². The third kappa shape index (κ3) is 6.40. The van der Waals surface area contributed by atoms with Crippen LogP contribution in [0.25, 0.3) is 16.6 Å². The van der Waals surface area contributed by atoms with Crippen molar-refractivity contribution in [1.82, 2.24) is 24.6 Å². The Morgan fingerprint density at radius 2 is 1.81 bits per heavy atom. The highest BCUT2D eigenvalue weighted by Crippen LogP contribution is 2.38. The second-order valence-corrected chi connectivity index (χ2v) is 11.4. The summed E-state index contributed by atoms with van der Waals surface area (Å²) >= 11 is 0. The Balaban J connectivity index is 1.26. The summed E-state index contributed by atoms with van der Waals surface area (Å²) in [5.41, 5.74) is 14.4. The maximum atomic E-state index is 14.0. The molecular weight excluding hydrogens is 634 g/mol. The number of anilines is 1. The molecule has 4 heterocycles. The van der Waals surface area contributed by atoms with Crippen molar-refractivity contribution in [3.63, 3.8) is 0 Å². The SMILES string of the molecule is Cc1cc(Oc2c(F)cccc2F)ncc1-n1ncc(C(=O)c2cc3cc(OCC(F)F)c(C4CCN(C(=O)CN)CC4)cc3[nH]2)c1N. The van der Waals surface area contributed by atoms with Crippen molar-refractivity contribution < 1.29 is 36.6 Å². The van der Waals surface area contributed by atoms with Gasteiger partial charge in [0.2, 0.25) is 23.3 Å². The number of ether oxygens (including phenoxy) is 2. The number of nitrogen functional groups attached to an aromatic ring is 1. The van der Waals surface area contributed by atoms with Crippen LogP contribution in [-0.4, -0.2) is 69.0 Å². The van der Waals surface area contributed by atoms with E-state index < -0.39 is 36.2 Å². The summed E-state index contributed by atoms with van der Waals surface area (Å²) < 4.78 is 66.5. The molecule has 3 aromatic heterocycles. The normalized spacial score (nSPS) is 13.8. The summed E-state index contributed by atoms with van der Waals surface area (Å²) in [7, 11) is 0. The van der Waals surface area contributed by atoms with Crippen molar-refractivity contribution in [2.75, 3.05) is 32.0 Å². The molecule has 5 aromatic rings. The fourth-order valence-corrected chi connectivity index (χ4v) is 5.82. The van der Waals surface area contributed by atoms with E-state index in [1.807, 2.05) is 0 Å². The number of hydrogen-bond acceptors (Lipinski definition) is 8. The average molecular weight is 666 g/mol. The number of aromatic amines is 1. The number of ketones is 1. The maximum Gasteiger partial charge on any atom is 0.272 e. The van der Waals surface area contributed by atoms with Crippen molar-refractivity contribution in [3.8, 4) is 23.1 Å². The van der Waals surface area contributed by atoms with E-state index in [2.05, 4.69) is 15.1 Å².